The highest BCUT2D eigenvalue weighted by Crippen LogP contribution is 2.37. The second-order valence-corrected chi connectivity index (χ2v) is 6.65. The first kappa shape index (κ1) is 19.6. The summed E-state index contributed by atoms with van der Waals surface area (Å²) in [6, 6.07) is 14.0. The Morgan fingerprint density at radius 2 is 1.61 bits per heavy atom. The van der Waals surface area contributed by atoms with Crippen LogP contribution in [0.25, 0.3) is 10.9 Å². The number of ether oxygens (including phenoxy) is 2. The maximum atomic E-state index is 13.5. The van der Waals surface area contributed by atoms with Crippen molar-refractivity contribution in [3.8, 4) is 0 Å². The number of fused-ring (bicyclic) bond motifs is 1. The molecule has 0 bridgehead atoms. The topological polar surface area (TPSA) is 57.5 Å². The van der Waals surface area contributed by atoms with Crippen molar-refractivity contribution in [3.63, 3.8) is 0 Å². The smallest absolute Gasteiger partial charge is 0.320 e. The molecule has 3 rings (SSSR count). The van der Waals surface area contributed by atoms with Crippen molar-refractivity contribution in [2.75, 3.05) is 14.2 Å². The third kappa shape index (κ3) is 3.76. The van der Waals surface area contributed by atoms with Gasteiger partial charge in [0.1, 0.15) is 5.82 Å². The molecule has 0 spiro atoms. The van der Waals surface area contributed by atoms with E-state index >= 15 is 0 Å². The molecule has 0 aliphatic carbocycles. The third-order valence-electron chi connectivity index (χ3n) is 5.02. The number of hydrogen-bond donors (Lipinski definition) is 0. The lowest BCUT2D eigenvalue weighted by atomic mass is 9.83. The molecule has 1 atom stereocenters. The molecule has 6 heteroatoms. The first-order chi connectivity index (χ1) is 13.5. The van der Waals surface area contributed by atoms with Crippen LogP contribution in [0.4, 0.5) is 4.39 Å². The van der Waals surface area contributed by atoms with Crippen LogP contribution in [0.1, 0.15) is 23.5 Å². The summed E-state index contributed by atoms with van der Waals surface area (Å²) in [6.45, 7) is 0. The fourth-order valence-corrected chi connectivity index (χ4v) is 3.60. The van der Waals surface area contributed by atoms with E-state index < -0.39 is 17.9 Å². The Labute approximate surface area is 162 Å². The minimum absolute atomic E-state index is 0.152. The van der Waals surface area contributed by atoms with Crippen molar-refractivity contribution in [1.29, 1.82) is 0 Å². The number of para-hydroxylation sites is 1. The van der Waals surface area contributed by atoms with Gasteiger partial charge in [-0.1, -0.05) is 30.3 Å². The molecule has 0 N–H and O–H groups in total. The lowest BCUT2D eigenvalue weighted by Gasteiger charge is -2.21. The van der Waals surface area contributed by atoms with Crippen molar-refractivity contribution in [3.05, 3.63) is 71.7 Å². The molecule has 3 aromatic rings. The minimum Gasteiger partial charge on any atom is -0.468 e. The van der Waals surface area contributed by atoms with Crippen LogP contribution in [0.3, 0.4) is 0 Å². The van der Waals surface area contributed by atoms with E-state index in [9.17, 15) is 14.0 Å². The van der Waals surface area contributed by atoms with E-state index in [0.717, 1.165) is 22.0 Å². The quantitative estimate of drug-likeness (QED) is 0.480. The van der Waals surface area contributed by atoms with Gasteiger partial charge in [0.2, 0.25) is 0 Å². The van der Waals surface area contributed by atoms with Gasteiger partial charge in [0, 0.05) is 30.1 Å². The third-order valence-corrected chi connectivity index (χ3v) is 5.02. The highest BCUT2D eigenvalue weighted by Gasteiger charge is 2.33. The van der Waals surface area contributed by atoms with Gasteiger partial charge in [-0.25, -0.2) is 4.39 Å². The van der Waals surface area contributed by atoms with Crippen LogP contribution in [-0.2, 0) is 26.1 Å². The maximum absolute atomic E-state index is 13.5. The number of hydrogen-bond acceptors (Lipinski definition) is 4. The molecular formula is C22H22FNO4. The lowest BCUT2D eigenvalue weighted by Crippen LogP contribution is -2.28. The Hall–Kier alpha value is -3.15. The SMILES string of the molecule is COC(=O)C(CC(c1ccc(F)cc1)c1cn(C)c2ccccc12)C(=O)OC. The zero-order valence-corrected chi connectivity index (χ0v) is 16.0. The lowest BCUT2D eigenvalue weighted by molar-refractivity contribution is -0.159. The summed E-state index contributed by atoms with van der Waals surface area (Å²) in [6.07, 6.45) is 2.13. The second kappa shape index (κ2) is 8.25. The van der Waals surface area contributed by atoms with Gasteiger partial charge in [-0.2, -0.15) is 0 Å². The summed E-state index contributed by atoms with van der Waals surface area (Å²) < 4.78 is 25.1. The number of rotatable bonds is 6. The van der Waals surface area contributed by atoms with Crippen LogP contribution in [0.15, 0.2) is 54.7 Å². The summed E-state index contributed by atoms with van der Waals surface area (Å²) in [4.78, 5) is 24.5. The van der Waals surface area contributed by atoms with Crippen LogP contribution in [0.5, 0.6) is 0 Å². The van der Waals surface area contributed by atoms with E-state index in [-0.39, 0.29) is 18.2 Å². The normalized spacial score (nSPS) is 12.2. The summed E-state index contributed by atoms with van der Waals surface area (Å²) in [5.74, 6) is -3.06. The van der Waals surface area contributed by atoms with Crippen LogP contribution in [0.2, 0.25) is 0 Å². The Morgan fingerprint density at radius 3 is 2.21 bits per heavy atom. The van der Waals surface area contributed by atoms with E-state index in [1.54, 1.807) is 12.1 Å². The van der Waals surface area contributed by atoms with E-state index in [2.05, 4.69) is 0 Å². The van der Waals surface area contributed by atoms with Crippen molar-refractivity contribution >= 4 is 22.8 Å². The van der Waals surface area contributed by atoms with Crippen LogP contribution < -0.4 is 0 Å². The van der Waals surface area contributed by atoms with Gasteiger partial charge in [-0.3, -0.25) is 9.59 Å². The molecule has 1 aromatic heterocycles. The second-order valence-electron chi connectivity index (χ2n) is 6.65. The molecule has 0 radical (unpaired) electrons. The number of halogens is 1. The predicted molar refractivity (Wildman–Crippen MR) is 103 cm³/mol. The average molecular weight is 383 g/mol. The number of nitrogens with zero attached hydrogens (tertiary/aromatic N) is 1. The number of aryl methyl sites for hydroxylation is 1. The van der Waals surface area contributed by atoms with E-state index in [1.165, 1.54) is 26.4 Å². The fraction of sp³-hybridized carbons (Fsp3) is 0.273. The van der Waals surface area contributed by atoms with Gasteiger partial charge < -0.3 is 14.0 Å². The molecule has 0 saturated carbocycles. The zero-order chi connectivity index (χ0) is 20.3. The summed E-state index contributed by atoms with van der Waals surface area (Å²) in [5, 5.41) is 1.01. The highest BCUT2D eigenvalue weighted by atomic mass is 19.1. The molecule has 0 aliphatic heterocycles. The Morgan fingerprint density at radius 1 is 1.00 bits per heavy atom. The maximum Gasteiger partial charge on any atom is 0.320 e. The number of esters is 2. The van der Waals surface area contributed by atoms with Crippen LogP contribution >= 0.6 is 0 Å². The Kier molecular flexibility index (Phi) is 5.78. The molecular weight excluding hydrogens is 361 g/mol. The van der Waals surface area contributed by atoms with Crippen molar-refractivity contribution in [1.82, 2.24) is 4.57 Å². The number of carbonyl (C=O) groups excluding carboxylic acids is 2. The van der Waals surface area contributed by atoms with Crippen LogP contribution in [-0.4, -0.2) is 30.7 Å². The van der Waals surface area contributed by atoms with Crippen LogP contribution in [0, 0.1) is 11.7 Å². The number of benzene rings is 2. The molecule has 1 unspecified atom stereocenters. The molecule has 146 valence electrons. The molecule has 2 aromatic carbocycles. The van der Waals surface area contributed by atoms with Crippen molar-refractivity contribution in [2.24, 2.45) is 13.0 Å². The first-order valence-electron chi connectivity index (χ1n) is 8.91. The van der Waals surface area contributed by atoms with Gasteiger partial charge in [-0.15, -0.1) is 0 Å². The average Bonchev–Trinajstić information content (AvgIpc) is 3.05. The standard InChI is InChI=1S/C22H22FNO4/c1-24-13-19(16-6-4-5-7-20(16)24)17(14-8-10-15(23)11-9-14)12-18(21(25)27-2)22(26)28-3/h4-11,13,17-18H,12H2,1-3H3. The molecule has 28 heavy (non-hydrogen) atoms. The van der Waals surface area contributed by atoms with Gasteiger partial charge >= 0.3 is 11.9 Å². The van der Waals surface area contributed by atoms with Gasteiger partial charge in [-0.05, 0) is 35.7 Å². The van der Waals surface area contributed by atoms with E-state index in [1.807, 2.05) is 42.1 Å². The minimum atomic E-state index is -1.08. The van der Waals surface area contributed by atoms with Gasteiger partial charge in [0.15, 0.2) is 5.92 Å². The fourth-order valence-electron chi connectivity index (χ4n) is 3.60. The molecule has 0 fully saturated rings. The number of methoxy groups -OCH3 is 2. The largest absolute Gasteiger partial charge is 0.468 e. The highest BCUT2D eigenvalue weighted by molar-refractivity contribution is 5.95. The number of carbonyl (C=O) groups is 2. The molecule has 1 heterocycles. The molecule has 0 amide bonds. The monoisotopic (exact) mass is 383 g/mol. The summed E-state index contributed by atoms with van der Waals surface area (Å²) in [7, 11) is 4.41. The number of aromatic nitrogens is 1. The Balaban J connectivity index is 2.13. The summed E-state index contributed by atoms with van der Waals surface area (Å²) in [5.41, 5.74) is 2.77. The predicted octanol–water partition coefficient (Wildman–Crippen LogP) is 3.80. The van der Waals surface area contributed by atoms with Crippen molar-refractivity contribution in [2.45, 2.75) is 12.3 Å². The molecule has 0 saturated heterocycles. The first-order valence-corrected chi connectivity index (χ1v) is 8.91. The molecule has 0 aliphatic rings. The van der Waals surface area contributed by atoms with E-state index in [4.69, 9.17) is 9.47 Å². The van der Waals surface area contributed by atoms with Gasteiger partial charge in [0.25, 0.3) is 0 Å². The van der Waals surface area contributed by atoms with Crippen molar-refractivity contribution < 1.29 is 23.5 Å². The molecule has 5 nitrogen and oxygen atoms in total. The van der Waals surface area contributed by atoms with Gasteiger partial charge in [0.05, 0.1) is 14.2 Å². The Bertz CT molecular complexity index is 977. The zero-order valence-electron chi connectivity index (χ0n) is 16.0. The summed E-state index contributed by atoms with van der Waals surface area (Å²) >= 11 is 0. The van der Waals surface area contributed by atoms with E-state index in [0.29, 0.717) is 0 Å².